The predicted molar refractivity (Wildman–Crippen MR) is 82.9 cm³/mol. The fraction of sp³-hybridized carbons (Fsp3) is 0.400. The van der Waals surface area contributed by atoms with Gasteiger partial charge in [0.1, 0.15) is 0 Å². The van der Waals surface area contributed by atoms with Gasteiger partial charge in [0.05, 0.1) is 22.1 Å². The van der Waals surface area contributed by atoms with Crippen molar-refractivity contribution in [2.75, 3.05) is 0 Å². The Morgan fingerprint density at radius 1 is 1.30 bits per heavy atom. The molecule has 0 bridgehead atoms. The lowest BCUT2D eigenvalue weighted by Crippen LogP contribution is -2.15. The Bertz CT molecular complexity index is 645. The van der Waals surface area contributed by atoms with Crippen LogP contribution in [0.2, 0.25) is 10.0 Å². The molecule has 0 spiro atoms. The molecule has 5 heteroatoms. The molecule has 3 rings (SSSR count). The molecule has 0 saturated heterocycles. The normalized spacial score (nSPS) is 14.8. The van der Waals surface area contributed by atoms with E-state index in [4.69, 9.17) is 23.2 Å². The van der Waals surface area contributed by atoms with Gasteiger partial charge in [-0.05, 0) is 44.4 Å². The molecule has 0 aliphatic heterocycles. The molecule has 1 aliphatic rings. The third kappa shape index (κ3) is 2.71. The highest BCUT2D eigenvalue weighted by atomic mass is 35.5. The number of aryl methyl sites for hydroxylation is 1. The summed E-state index contributed by atoms with van der Waals surface area (Å²) in [5, 5.41) is 9.39. The van der Waals surface area contributed by atoms with Gasteiger partial charge >= 0.3 is 0 Å². The summed E-state index contributed by atoms with van der Waals surface area (Å²) in [6, 6.07) is 6.71. The number of halogens is 2. The number of hydrogen-bond acceptors (Lipinski definition) is 2. The van der Waals surface area contributed by atoms with Crippen LogP contribution in [0, 0.1) is 13.8 Å². The third-order valence-corrected chi connectivity index (χ3v) is 4.54. The largest absolute Gasteiger partial charge is 0.310 e. The van der Waals surface area contributed by atoms with E-state index in [0.29, 0.717) is 11.1 Å². The average Bonchev–Trinajstić information content (AvgIpc) is 3.21. The molecule has 20 heavy (non-hydrogen) atoms. The van der Waals surface area contributed by atoms with Crippen molar-refractivity contribution < 1.29 is 0 Å². The van der Waals surface area contributed by atoms with Crippen LogP contribution in [0.15, 0.2) is 18.2 Å². The van der Waals surface area contributed by atoms with Crippen LogP contribution in [0.5, 0.6) is 0 Å². The zero-order valence-electron chi connectivity index (χ0n) is 11.6. The fourth-order valence-electron chi connectivity index (χ4n) is 2.23. The second-order valence-corrected chi connectivity index (χ2v) is 6.11. The van der Waals surface area contributed by atoms with E-state index in [-0.39, 0.29) is 0 Å². The molecular weight excluding hydrogens is 293 g/mol. The van der Waals surface area contributed by atoms with Gasteiger partial charge in [0.25, 0.3) is 0 Å². The van der Waals surface area contributed by atoms with E-state index in [9.17, 15) is 0 Å². The van der Waals surface area contributed by atoms with Gasteiger partial charge in [-0.3, -0.25) is 0 Å². The van der Waals surface area contributed by atoms with Crippen molar-refractivity contribution in [1.82, 2.24) is 15.1 Å². The molecule has 1 fully saturated rings. The van der Waals surface area contributed by atoms with Crippen molar-refractivity contribution in [2.45, 2.75) is 39.3 Å². The minimum absolute atomic E-state index is 0.681. The van der Waals surface area contributed by atoms with Crippen LogP contribution in [0.25, 0.3) is 5.69 Å². The summed E-state index contributed by atoms with van der Waals surface area (Å²) in [5.41, 5.74) is 3.83. The van der Waals surface area contributed by atoms with Gasteiger partial charge < -0.3 is 5.32 Å². The van der Waals surface area contributed by atoms with Crippen LogP contribution in [-0.2, 0) is 6.54 Å². The van der Waals surface area contributed by atoms with E-state index >= 15 is 0 Å². The summed E-state index contributed by atoms with van der Waals surface area (Å²) >= 11 is 12.6. The highest BCUT2D eigenvalue weighted by molar-refractivity contribution is 6.32. The summed E-state index contributed by atoms with van der Waals surface area (Å²) in [7, 11) is 0. The number of nitrogens with zero attached hydrogens (tertiary/aromatic N) is 2. The van der Waals surface area contributed by atoms with Gasteiger partial charge in [-0.25, -0.2) is 4.68 Å². The first-order valence-corrected chi connectivity index (χ1v) is 7.56. The van der Waals surface area contributed by atoms with E-state index in [1.54, 1.807) is 0 Å². The molecule has 1 N–H and O–H groups in total. The second-order valence-electron chi connectivity index (χ2n) is 5.33. The van der Waals surface area contributed by atoms with Crippen molar-refractivity contribution in [1.29, 1.82) is 0 Å². The lowest BCUT2D eigenvalue weighted by molar-refractivity contribution is 0.687. The van der Waals surface area contributed by atoms with Crippen LogP contribution in [-0.4, -0.2) is 15.8 Å². The van der Waals surface area contributed by atoms with Crippen molar-refractivity contribution >= 4 is 23.2 Å². The molecule has 1 heterocycles. The summed E-state index contributed by atoms with van der Waals surface area (Å²) < 4.78 is 1.83. The van der Waals surface area contributed by atoms with Crippen molar-refractivity contribution in [2.24, 2.45) is 0 Å². The monoisotopic (exact) mass is 309 g/mol. The maximum atomic E-state index is 6.37. The number of aromatic nitrogens is 2. The highest BCUT2D eigenvalue weighted by Gasteiger charge is 2.20. The Kier molecular flexibility index (Phi) is 3.76. The molecule has 1 aromatic carbocycles. The fourth-order valence-corrected chi connectivity index (χ4v) is 2.59. The molecule has 106 valence electrons. The van der Waals surface area contributed by atoms with Crippen LogP contribution in [0.3, 0.4) is 0 Å². The van der Waals surface area contributed by atoms with Crippen molar-refractivity contribution in [3.05, 3.63) is 45.2 Å². The summed E-state index contributed by atoms with van der Waals surface area (Å²) in [6.07, 6.45) is 2.56. The van der Waals surface area contributed by atoms with Crippen LogP contribution < -0.4 is 5.32 Å². The predicted octanol–water partition coefficient (Wildman–Crippen LogP) is 4.05. The first-order valence-electron chi connectivity index (χ1n) is 6.80. The summed E-state index contributed by atoms with van der Waals surface area (Å²) in [6.45, 7) is 4.68. The number of benzene rings is 1. The van der Waals surface area contributed by atoms with Gasteiger partial charge in [0.2, 0.25) is 0 Å². The second kappa shape index (κ2) is 5.40. The van der Waals surface area contributed by atoms with E-state index in [1.807, 2.05) is 30.7 Å². The lowest BCUT2D eigenvalue weighted by Gasteiger charge is -2.09. The third-order valence-electron chi connectivity index (χ3n) is 3.64. The van der Waals surface area contributed by atoms with E-state index < -0.39 is 0 Å². The zero-order valence-corrected chi connectivity index (χ0v) is 13.1. The lowest BCUT2D eigenvalue weighted by atomic mass is 10.2. The van der Waals surface area contributed by atoms with Gasteiger partial charge in [-0.15, -0.1) is 0 Å². The molecule has 1 aliphatic carbocycles. The smallest absolute Gasteiger partial charge is 0.0848 e. The molecule has 0 amide bonds. The van der Waals surface area contributed by atoms with E-state index in [0.717, 1.165) is 34.2 Å². The Hall–Kier alpha value is -1.03. The van der Waals surface area contributed by atoms with Gasteiger partial charge in [-0.1, -0.05) is 29.3 Å². The first-order chi connectivity index (χ1) is 9.56. The van der Waals surface area contributed by atoms with Crippen LogP contribution >= 0.6 is 23.2 Å². The van der Waals surface area contributed by atoms with Gasteiger partial charge in [0.15, 0.2) is 0 Å². The quantitative estimate of drug-likeness (QED) is 0.923. The molecule has 3 nitrogen and oxygen atoms in total. The summed E-state index contributed by atoms with van der Waals surface area (Å²) in [4.78, 5) is 0. The topological polar surface area (TPSA) is 29.9 Å². The average molecular weight is 310 g/mol. The minimum atomic E-state index is 0.681. The number of hydrogen-bond donors (Lipinski definition) is 1. The summed E-state index contributed by atoms with van der Waals surface area (Å²) in [5.74, 6) is 0. The van der Waals surface area contributed by atoms with Crippen molar-refractivity contribution in [3.63, 3.8) is 0 Å². The Balaban J connectivity index is 1.86. The van der Waals surface area contributed by atoms with Crippen LogP contribution in [0.1, 0.15) is 29.8 Å². The Morgan fingerprint density at radius 3 is 2.60 bits per heavy atom. The molecule has 0 atom stereocenters. The Morgan fingerprint density at radius 2 is 2.05 bits per heavy atom. The molecule has 2 aromatic rings. The number of rotatable bonds is 4. The van der Waals surface area contributed by atoms with Crippen LogP contribution in [0.4, 0.5) is 0 Å². The van der Waals surface area contributed by atoms with Gasteiger partial charge in [-0.2, -0.15) is 5.10 Å². The first kappa shape index (κ1) is 13.9. The molecule has 0 unspecified atom stereocenters. The molecule has 1 saturated carbocycles. The maximum absolute atomic E-state index is 6.37. The number of nitrogens with one attached hydrogen (secondary N) is 1. The Labute approximate surface area is 128 Å². The van der Waals surface area contributed by atoms with E-state index in [2.05, 4.69) is 16.5 Å². The maximum Gasteiger partial charge on any atom is 0.0848 e. The standard InChI is InChI=1S/C15H17Cl2N3/c1-9-15(17)10(2)20(19-9)13-6-3-11(14(16)7-13)8-18-12-4-5-12/h3,6-7,12,18H,4-5,8H2,1-2H3. The molecule has 1 aromatic heterocycles. The molecular formula is C15H17Cl2N3. The SMILES string of the molecule is Cc1nn(-c2ccc(CNC3CC3)c(Cl)c2)c(C)c1Cl. The van der Waals surface area contributed by atoms with Crippen molar-refractivity contribution in [3.8, 4) is 5.69 Å². The molecule has 0 radical (unpaired) electrons. The minimum Gasteiger partial charge on any atom is -0.310 e. The van der Waals surface area contributed by atoms with E-state index in [1.165, 1.54) is 12.8 Å². The highest BCUT2D eigenvalue weighted by Crippen LogP contribution is 2.26. The van der Waals surface area contributed by atoms with Gasteiger partial charge in [0, 0.05) is 17.6 Å². The zero-order chi connectivity index (χ0) is 14.3.